The van der Waals surface area contributed by atoms with Gasteiger partial charge in [0.2, 0.25) is 11.8 Å². The van der Waals surface area contributed by atoms with Gasteiger partial charge in [0.15, 0.2) is 16.6 Å². The number of amides is 2. The van der Waals surface area contributed by atoms with E-state index in [1.807, 2.05) is 0 Å². The maximum atomic E-state index is 12.4. The third-order valence-electron chi connectivity index (χ3n) is 5.03. The molecular weight excluding hydrogens is 446 g/mol. The zero-order valence-electron chi connectivity index (χ0n) is 19.2. The average molecular weight is 478 g/mol. The maximum absolute atomic E-state index is 12.4. The number of thiocarbonyl (C=S) groups is 1. The molecule has 1 aromatic rings. The third kappa shape index (κ3) is 8.05. The van der Waals surface area contributed by atoms with Crippen LogP contribution in [0.1, 0.15) is 38.2 Å². The Balaban J connectivity index is 1.96. The zero-order valence-corrected chi connectivity index (χ0v) is 20.0. The second-order valence-corrected chi connectivity index (χ2v) is 7.76. The standard InChI is InChI=1S/C23H31N3O6S/c1-4-5-6-13-32-21(28)15-17-22(29)24-11-12-26(17)23(33)25-20(27)10-8-16-7-9-18(30-2)19(14-16)31-3/h7-10,14,17H,4-6,11-13,15H2,1-3H3,(H,24,29)(H,25,27,33)/b10-8+. The van der Waals surface area contributed by atoms with E-state index < -0.39 is 17.9 Å². The number of esters is 1. The lowest BCUT2D eigenvalue weighted by atomic mass is 10.1. The molecule has 10 heteroatoms. The summed E-state index contributed by atoms with van der Waals surface area (Å²) in [7, 11) is 3.07. The minimum Gasteiger partial charge on any atom is -0.493 e. The maximum Gasteiger partial charge on any atom is 0.308 e. The van der Waals surface area contributed by atoms with Crippen molar-refractivity contribution < 1.29 is 28.6 Å². The van der Waals surface area contributed by atoms with E-state index in [0.29, 0.717) is 31.2 Å². The van der Waals surface area contributed by atoms with E-state index in [0.717, 1.165) is 24.8 Å². The van der Waals surface area contributed by atoms with Crippen LogP contribution in [0, 0.1) is 0 Å². The van der Waals surface area contributed by atoms with Crippen molar-refractivity contribution >= 4 is 41.2 Å². The first-order valence-corrected chi connectivity index (χ1v) is 11.3. The number of rotatable bonds is 10. The second-order valence-electron chi connectivity index (χ2n) is 7.37. The van der Waals surface area contributed by atoms with Crippen LogP contribution in [-0.2, 0) is 19.1 Å². The molecule has 0 spiro atoms. The van der Waals surface area contributed by atoms with E-state index >= 15 is 0 Å². The molecule has 0 radical (unpaired) electrons. The summed E-state index contributed by atoms with van der Waals surface area (Å²) in [6.07, 6.45) is 5.56. The summed E-state index contributed by atoms with van der Waals surface area (Å²) in [6.45, 7) is 3.11. The summed E-state index contributed by atoms with van der Waals surface area (Å²) in [5.41, 5.74) is 0.731. The fourth-order valence-corrected chi connectivity index (χ4v) is 3.58. The number of ether oxygens (including phenoxy) is 3. The molecule has 1 atom stereocenters. The summed E-state index contributed by atoms with van der Waals surface area (Å²) in [5, 5.41) is 5.40. The Kier molecular flexibility index (Phi) is 10.6. The van der Waals surface area contributed by atoms with Crippen LogP contribution < -0.4 is 20.1 Å². The van der Waals surface area contributed by atoms with Crippen molar-refractivity contribution in [3.05, 3.63) is 29.8 Å². The highest BCUT2D eigenvalue weighted by atomic mass is 32.1. The number of piperazine rings is 1. The smallest absolute Gasteiger partial charge is 0.308 e. The number of methoxy groups -OCH3 is 2. The molecule has 33 heavy (non-hydrogen) atoms. The SMILES string of the molecule is CCCCCOC(=O)CC1C(=O)NCCN1C(=S)NC(=O)/C=C/c1ccc(OC)c(OC)c1. The molecule has 1 heterocycles. The molecule has 9 nitrogen and oxygen atoms in total. The Bertz CT molecular complexity index is 889. The van der Waals surface area contributed by atoms with Crippen LogP contribution in [0.4, 0.5) is 0 Å². The molecule has 1 aliphatic rings. The number of hydrogen-bond acceptors (Lipinski definition) is 7. The number of benzene rings is 1. The zero-order chi connectivity index (χ0) is 24.2. The van der Waals surface area contributed by atoms with E-state index in [1.54, 1.807) is 36.3 Å². The first-order valence-electron chi connectivity index (χ1n) is 10.8. The van der Waals surface area contributed by atoms with E-state index in [4.69, 9.17) is 26.4 Å². The number of hydrogen-bond donors (Lipinski definition) is 2. The van der Waals surface area contributed by atoms with E-state index in [9.17, 15) is 14.4 Å². The monoisotopic (exact) mass is 477 g/mol. The van der Waals surface area contributed by atoms with Crippen molar-refractivity contribution in [1.82, 2.24) is 15.5 Å². The van der Waals surface area contributed by atoms with Gasteiger partial charge in [0.05, 0.1) is 27.2 Å². The summed E-state index contributed by atoms with van der Waals surface area (Å²) >= 11 is 5.35. The Morgan fingerprint density at radius 2 is 2.00 bits per heavy atom. The molecule has 1 saturated heterocycles. The van der Waals surface area contributed by atoms with Gasteiger partial charge in [0.1, 0.15) is 6.04 Å². The predicted molar refractivity (Wildman–Crippen MR) is 128 cm³/mol. The number of nitrogens with one attached hydrogen (secondary N) is 2. The lowest BCUT2D eigenvalue weighted by molar-refractivity contribution is -0.147. The average Bonchev–Trinajstić information content (AvgIpc) is 2.81. The summed E-state index contributed by atoms with van der Waals surface area (Å²) in [6, 6.07) is 4.41. The highest BCUT2D eigenvalue weighted by molar-refractivity contribution is 7.80. The Labute approximate surface area is 199 Å². The van der Waals surface area contributed by atoms with Gasteiger partial charge in [0, 0.05) is 19.2 Å². The van der Waals surface area contributed by atoms with Gasteiger partial charge in [-0.15, -0.1) is 0 Å². The van der Waals surface area contributed by atoms with Gasteiger partial charge in [-0.25, -0.2) is 0 Å². The van der Waals surface area contributed by atoms with Crippen LogP contribution in [0.25, 0.3) is 6.08 Å². The first-order chi connectivity index (χ1) is 15.9. The lowest BCUT2D eigenvalue weighted by Gasteiger charge is -2.36. The molecule has 2 amide bonds. The normalized spacial score (nSPS) is 15.7. The minimum atomic E-state index is -0.833. The van der Waals surface area contributed by atoms with Gasteiger partial charge < -0.3 is 24.4 Å². The van der Waals surface area contributed by atoms with Crippen molar-refractivity contribution in [1.29, 1.82) is 0 Å². The molecule has 0 saturated carbocycles. The van der Waals surface area contributed by atoms with E-state index in [-0.39, 0.29) is 17.4 Å². The topological polar surface area (TPSA) is 106 Å². The molecule has 1 aliphatic heterocycles. The summed E-state index contributed by atoms with van der Waals surface area (Å²) in [5.74, 6) is -0.135. The van der Waals surface area contributed by atoms with Gasteiger partial charge in [-0.2, -0.15) is 0 Å². The quantitative estimate of drug-likeness (QED) is 0.228. The highest BCUT2D eigenvalue weighted by Crippen LogP contribution is 2.27. The van der Waals surface area contributed by atoms with Crippen molar-refractivity contribution in [2.75, 3.05) is 33.9 Å². The minimum absolute atomic E-state index is 0.0793. The van der Waals surface area contributed by atoms with Crippen molar-refractivity contribution in [3.63, 3.8) is 0 Å². The largest absolute Gasteiger partial charge is 0.493 e. The van der Waals surface area contributed by atoms with Crippen LogP contribution >= 0.6 is 12.2 Å². The van der Waals surface area contributed by atoms with Crippen molar-refractivity contribution in [2.45, 2.75) is 38.6 Å². The molecule has 2 rings (SSSR count). The fraction of sp³-hybridized carbons (Fsp3) is 0.478. The molecule has 0 aromatic heterocycles. The fourth-order valence-electron chi connectivity index (χ4n) is 3.26. The van der Waals surface area contributed by atoms with Crippen LogP contribution in [0.15, 0.2) is 24.3 Å². The summed E-state index contributed by atoms with van der Waals surface area (Å²) < 4.78 is 15.7. The number of carbonyl (C=O) groups is 3. The molecule has 1 fully saturated rings. The summed E-state index contributed by atoms with van der Waals surface area (Å²) in [4.78, 5) is 38.5. The second kappa shape index (κ2) is 13.4. The molecule has 2 N–H and O–H groups in total. The molecule has 0 aliphatic carbocycles. The van der Waals surface area contributed by atoms with Gasteiger partial charge in [0.25, 0.3) is 0 Å². The number of nitrogens with zero attached hydrogens (tertiary/aromatic N) is 1. The Morgan fingerprint density at radius 1 is 1.24 bits per heavy atom. The van der Waals surface area contributed by atoms with Crippen LogP contribution in [0.5, 0.6) is 11.5 Å². The molecule has 0 bridgehead atoms. The van der Waals surface area contributed by atoms with Gasteiger partial charge in [-0.3, -0.25) is 19.7 Å². The number of carbonyl (C=O) groups excluding carboxylic acids is 3. The number of unbranched alkanes of at least 4 members (excludes halogenated alkanes) is 2. The van der Waals surface area contributed by atoms with Crippen molar-refractivity contribution in [2.24, 2.45) is 0 Å². The molecule has 180 valence electrons. The van der Waals surface area contributed by atoms with Gasteiger partial charge >= 0.3 is 5.97 Å². The molecule has 1 unspecified atom stereocenters. The Morgan fingerprint density at radius 3 is 2.70 bits per heavy atom. The van der Waals surface area contributed by atoms with E-state index in [2.05, 4.69) is 17.6 Å². The Hall–Kier alpha value is -3.14. The molecule has 1 aromatic carbocycles. The third-order valence-corrected chi connectivity index (χ3v) is 5.36. The van der Waals surface area contributed by atoms with Crippen LogP contribution in [0.3, 0.4) is 0 Å². The van der Waals surface area contributed by atoms with Crippen LogP contribution in [-0.4, -0.2) is 67.8 Å². The van der Waals surface area contributed by atoms with Crippen molar-refractivity contribution in [3.8, 4) is 11.5 Å². The lowest BCUT2D eigenvalue weighted by Crippen LogP contribution is -2.60. The van der Waals surface area contributed by atoms with Crippen LogP contribution in [0.2, 0.25) is 0 Å². The highest BCUT2D eigenvalue weighted by Gasteiger charge is 2.34. The molecular formula is C23H31N3O6S. The van der Waals surface area contributed by atoms with E-state index in [1.165, 1.54) is 13.2 Å². The van der Waals surface area contributed by atoms with Gasteiger partial charge in [-0.1, -0.05) is 25.8 Å². The van der Waals surface area contributed by atoms with Gasteiger partial charge in [-0.05, 0) is 42.4 Å². The predicted octanol–water partition coefficient (Wildman–Crippen LogP) is 2.04. The first kappa shape index (κ1) is 26.1.